The molecule has 1 saturated heterocycles. The van der Waals surface area contributed by atoms with Gasteiger partial charge in [-0.1, -0.05) is 35.9 Å². The molecule has 3 aromatic rings. The van der Waals surface area contributed by atoms with Gasteiger partial charge >= 0.3 is 0 Å². The average molecular weight is 497 g/mol. The number of aryl methyl sites for hydroxylation is 2. The van der Waals surface area contributed by atoms with E-state index < -0.39 is 5.91 Å². The van der Waals surface area contributed by atoms with Crippen molar-refractivity contribution >= 4 is 57.4 Å². The Kier molecular flexibility index (Phi) is 7.14. The second-order valence-corrected chi connectivity index (χ2v) is 9.13. The van der Waals surface area contributed by atoms with Crippen molar-refractivity contribution < 1.29 is 14.4 Å². The number of halogens is 1. The predicted octanol–water partition coefficient (Wildman–Crippen LogP) is 3.60. The van der Waals surface area contributed by atoms with Crippen molar-refractivity contribution in [2.24, 2.45) is 0 Å². The number of carbonyl (C=O) groups excluding carboxylic acids is 3. The van der Waals surface area contributed by atoms with Crippen LogP contribution in [0.25, 0.3) is 17.0 Å². The van der Waals surface area contributed by atoms with Crippen molar-refractivity contribution in [3.05, 3.63) is 80.2 Å². The van der Waals surface area contributed by atoms with Gasteiger partial charge in [-0.2, -0.15) is 0 Å². The number of imide groups is 1. The van der Waals surface area contributed by atoms with Crippen LogP contribution < -0.4 is 10.9 Å². The van der Waals surface area contributed by atoms with E-state index in [1.807, 2.05) is 13.0 Å². The van der Waals surface area contributed by atoms with Gasteiger partial charge in [0.05, 0.1) is 22.1 Å². The molecule has 0 spiro atoms. The molecule has 1 aliphatic heterocycles. The number of thioether (sulfide) groups is 1. The summed E-state index contributed by atoms with van der Waals surface area (Å²) in [5.41, 5.74) is 2.12. The van der Waals surface area contributed by atoms with Gasteiger partial charge in [-0.05, 0) is 54.1 Å². The molecule has 1 fully saturated rings. The quantitative estimate of drug-likeness (QED) is 0.501. The third-order valence-electron chi connectivity index (χ3n) is 5.33. The molecule has 1 aliphatic rings. The monoisotopic (exact) mass is 496 g/mol. The number of para-hydroxylation sites is 1. The van der Waals surface area contributed by atoms with Gasteiger partial charge in [-0.3, -0.25) is 28.6 Å². The number of rotatable bonds is 7. The Morgan fingerprint density at radius 1 is 1.12 bits per heavy atom. The lowest BCUT2D eigenvalue weighted by molar-refractivity contribution is -0.124. The van der Waals surface area contributed by atoms with Crippen molar-refractivity contribution in [3.8, 4) is 0 Å². The highest BCUT2D eigenvalue weighted by molar-refractivity contribution is 8.18. The second-order valence-electron chi connectivity index (χ2n) is 7.70. The summed E-state index contributed by atoms with van der Waals surface area (Å²) in [5.74, 6) is -0.691. The van der Waals surface area contributed by atoms with Crippen LogP contribution in [0.2, 0.25) is 5.02 Å². The highest BCUT2D eigenvalue weighted by Gasteiger charge is 2.34. The minimum absolute atomic E-state index is 0.0606. The van der Waals surface area contributed by atoms with Crippen LogP contribution >= 0.6 is 23.4 Å². The maximum atomic E-state index is 12.6. The predicted molar refractivity (Wildman–Crippen MR) is 132 cm³/mol. The number of carbonyl (C=O) groups is 3. The van der Waals surface area contributed by atoms with Crippen LogP contribution in [0.5, 0.6) is 0 Å². The Bertz CT molecular complexity index is 1370. The molecule has 0 unspecified atom stereocenters. The van der Waals surface area contributed by atoms with Gasteiger partial charge in [0.15, 0.2) is 0 Å². The second kappa shape index (κ2) is 10.2. The molecule has 8 nitrogen and oxygen atoms in total. The van der Waals surface area contributed by atoms with E-state index in [-0.39, 0.29) is 42.8 Å². The van der Waals surface area contributed by atoms with Crippen molar-refractivity contribution in [1.29, 1.82) is 0 Å². The first-order valence-corrected chi connectivity index (χ1v) is 11.8. The largest absolute Gasteiger partial charge is 0.354 e. The van der Waals surface area contributed by atoms with Crippen LogP contribution in [-0.2, 0) is 16.1 Å². The first kappa shape index (κ1) is 23.7. The summed E-state index contributed by atoms with van der Waals surface area (Å²) in [6.45, 7) is 2.24. The SMILES string of the molecule is Cc1cccc2c(=O)n(CCC(=O)NCCN3C(=O)S/C(=C/c4ccc(Cl)cc4)C3=O)cnc12. The van der Waals surface area contributed by atoms with Gasteiger partial charge in [-0.15, -0.1) is 0 Å². The number of aromatic nitrogens is 2. The Balaban J connectivity index is 1.29. The van der Waals surface area contributed by atoms with Gasteiger partial charge in [0.25, 0.3) is 16.7 Å². The van der Waals surface area contributed by atoms with Crippen molar-refractivity contribution in [2.45, 2.75) is 19.9 Å². The van der Waals surface area contributed by atoms with E-state index in [1.54, 1.807) is 42.5 Å². The molecule has 0 bridgehead atoms. The molecule has 1 aromatic heterocycles. The van der Waals surface area contributed by atoms with E-state index in [0.717, 1.165) is 27.8 Å². The van der Waals surface area contributed by atoms with Crippen molar-refractivity contribution in [1.82, 2.24) is 19.8 Å². The average Bonchev–Trinajstić information content (AvgIpc) is 3.08. The summed E-state index contributed by atoms with van der Waals surface area (Å²) >= 11 is 6.73. The molecule has 0 saturated carbocycles. The number of fused-ring (bicyclic) bond motifs is 1. The minimum Gasteiger partial charge on any atom is -0.354 e. The van der Waals surface area contributed by atoms with Crippen LogP contribution in [0.15, 0.2) is 58.5 Å². The summed E-state index contributed by atoms with van der Waals surface area (Å²) in [5, 5.41) is 3.40. The lowest BCUT2D eigenvalue weighted by Gasteiger charge is -2.13. The zero-order chi connectivity index (χ0) is 24.2. The van der Waals surface area contributed by atoms with Gasteiger partial charge in [0, 0.05) is 31.1 Å². The van der Waals surface area contributed by atoms with Crippen LogP contribution in [0.3, 0.4) is 0 Å². The molecule has 0 atom stereocenters. The highest BCUT2D eigenvalue weighted by atomic mass is 35.5. The number of hydrogen-bond acceptors (Lipinski definition) is 6. The molecule has 0 radical (unpaired) electrons. The number of amides is 3. The molecular formula is C24H21ClN4O4S. The van der Waals surface area contributed by atoms with E-state index in [2.05, 4.69) is 10.3 Å². The molecule has 34 heavy (non-hydrogen) atoms. The molecule has 2 aromatic carbocycles. The lowest BCUT2D eigenvalue weighted by atomic mass is 10.1. The summed E-state index contributed by atoms with van der Waals surface area (Å²) < 4.78 is 1.40. The fourth-order valence-corrected chi connectivity index (χ4v) is 4.51. The number of nitrogens with one attached hydrogen (secondary N) is 1. The molecule has 3 amide bonds. The van der Waals surface area contributed by atoms with E-state index >= 15 is 0 Å². The lowest BCUT2D eigenvalue weighted by Crippen LogP contribution is -2.37. The summed E-state index contributed by atoms with van der Waals surface area (Å²) in [4.78, 5) is 55.4. The van der Waals surface area contributed by atoms with Gasteiger partial charge in [0.1, 0.15) is 0 Å². The maximum absolute atomic E-state index is 12.6. The van der Waals surface area contributed by atoms with Crippen LogP contribution in [-0.4, -0.2) is 44.6 Å². The molecule has 1 N–H and O–H groups in total. The molecule has 0 aliphatic carbocycles. The topological polar surface area (TPSA) is 101 Å². The number of benzene rings is 2. The van der Waals surface area contributed by atoms with E-state index in [4.69, 9.17) is 11.6 Å². The fraction of sp³-hybridized carbons (Fsp3) is 0.208. The van der Waals surface area contributed by atoms with Gasteiger partial charge < -0.3 is 5.32 Å². The molecule has 4 rings (SSSR count). The standard InChI is InChI=1S/C24H21ClN4O4S/c1-15-3-2-4-18-21(15)27-14-28(22(18)31)11-9-20(30)26-10-12-29-23(32)19(34-24(29)33)13-16-5-7-17(25)8-6-16/h2-8,13-14H,9-12H2,1H3,(H,26,30)/b19-13+. The third kappa shape index (κ3) is 5.21. The Morgan fingerprint density at radius 3 is 2.65 bits per heavy atom. The molecule has 2 heterocycles. The normalized spacial score (nSPS) is 14.9. The first-order valence-electron chi connectivity index (χ1n) is 10.6. The zero-order valence-corrected chi connectivity index (χ0v) is 19.9. The van der Waals surface area contributed by atoms with Crippen LogP contribution in [0.1, 0.15) is 17.5 Å². The maximum Gasteiger partial charge on any atom is 0.293 e. The highest BCUT2D eigenvalue weighted by Crippen LogP contribution is 2.32. The van der Waals surface area contributed by atoms with E-state index in [0.29, 0.717) is 20.8 Å². The third-order valence-corrected chi connectivity index (χ3v) is 6.49. The summed E-state index contributed by atoms with van der Waals surface area (Å²) in [7, 11) is 0. The van der Waals surface area contributed by atoms with E-state index in [9.17, 15) is 19.2 Å². The Labute approximate surface area is 204 Å². The molecule has 174 valence electrons. The first-order chi connectivity index (χ1) is 16.3. The summed E-state index contributed by atoms with van der Waals surface area (Å²) in [6.07, 6.45) is 3.15. The molecule has 10 heteroatoms. The smallest absolute Gasteiger partial charge is 0.293 e. The van der Waals surface area contributed by atoms with Crippen molar-refractivity contribution in [3.63, 3.8) is 0 Å². The number of nitrogens with zero attached hydrogens (tertiary/aromatic N) is 3. The molecular weight excluding hydrogens is 476 g/mol. The van der Waals surface area contributed by atoms with Crippen molar-refractivity contribution in [2.75, 3.05) is 13.1 Å². The zero-order valence-electron chi connectivity index (χ0n) is 18.3. The van der Waals surface area contributed by atoms with Crippen LogP contribution in [0.4, 0.5) is 4.79 Å². The number of hydrogen-bond donors (Lipinski definition) is 1. The summed E-state index contributed by atoms with van der Waals surface area (Å²) in [6, 6.07) is 12.3. The van der Waals surface area contributed by atoms with Gasteiger partial charge in [0.2, 0.25) is 5.91 Å². The minimum atomic E-state index is -0.400. The van der Waals surface area contributed by atoms with E-state index in [1.165, 1.54) is 10.9 Å². The Morgan fingerprint density at radius 2 is 1.88 bits per heavy atom. The van der Waals surface area contributed by atoms with Crippen LogP contribution in [0, 0.1) is 6.92 Å². The Hall–Kier alpha value is -3.43. The van der Waals surface area contributed by atoms with Gasteiger partial charge in [-0.25, -0.2) is 4.98 Å². The fourth-order valence-electron chi connectivity index (χ4n) is 3.52.